The van der Waals surface area contributed by atoms with Gasteiger partial charge in [-0.2, -0.15) is 0 Å². The fourth-order valence-corrected chi connectivity index (χ4v) is 2.50. The van der Waals surface area contributed by atoms with Gasteiger partial charge in [0.1, 0.15) is 5.75 Å². The van der Waals surface area contributed by atoms with Crippen LogP contribution in [0.25, 0.3) is 12.2 Å². The van der Waals surface area contributed by atoms with E-state index in [1.165, 1.54) is 17.5 Å². The van der Waals surface area contributed by atoms with E-state index in [-0.39, 0.29) is 0 Å². The van der Waals surface area contributed by atoms with E-state index in [0.29, 0.717) is 5.92 Å². The van der Waals surface area contributed by atoms with Crippen LogP contribution >= 0.6 is 0 Å². The number of rotatable bonds is 5. The van der Waals surface area contributed by atoms with Crippen LogP contribution in [-0.4, -0.2) is 19.7 Å². The van der Waals surface area contributed by atoms with Gasteiger partial charge in [0.25, 0.3) is 0 Å². The Bertz CT molecular complexity index is 568. The summed E-state index contributed by atoms with van der Waals surface area (Å²) in [4.78, 5) is 0. The minimum absolute atomic E-state index is 0.655. The van der Waals surface area contributed by atoms with Crippen LogP contribution in [0, 0.1) is 5.92 Å². The van der Waals surface area contributed by atoms with E-state index in [1.807, 2.05) is 18.2 Å². The first-order valence-electron chi connectivity index (χ1n) is 7.57. The Morgan fingerprint density at radius 1 is 0.952 bits per heavy atom. The molecule has 1 fully saturated rings. The van der Waals surface area contributed by atoms with E-state index in [1.54, 1.807) is 0 Å². The van der Waals surface area contributed by atoms with Gasteiger partial charge in [0.15, 0.2) is 0 Å². The molecule has 0 saturated carbocycles. The van der Waals surface area contributed by atoms with E-state index in [9.17, 15) is 0 Å². The lowest BCUT2D eigenvalue weighted by Crippen LogP contribution is -2.15. The highest BCUT2D eigenvalue weighted by atomic mass is 16.5. The summed E-state index contributed by atoms with van der Waals surface area (Å²) in [7, 11) is 0. The molecule has 1 heterocycles. The molecule has 2 heteroatoms. The van der Waals surface area contributed by atoms with Gasteiger partial charge in [-0.25, -0.2) is 0 Å². The van der Waals surface area contributed by atoms with Gasteiger partial charge >= 0.3 is 0 Å². The van der Waals surface area contributed by atoms with Crippen LogP contribution in [0.4, 0.5) is 0 Å². The highest BCUT2D eigenvalue weighted by molar-refractivity contribution is 5.69. The third-order valence-electron chi connectivity index (χ3n) is 3.80. The Morgan fingerprint density at radius 2 is 1.67 bits per heavy atom. The van der Waals surface area contributed by atoms with Crippen molar-refractivity contribution in [2.24, 2.45) is 5.92 Å². The number of ether oxygens (including phenoxy) is 1. The van der Waals surface area contributed by atoms with Crippen molar-refractivity contribution in [1.29, 1.82) is 0 Å². The summed E-state index contributed by atoms with van der Waals surface area (Å²) in [5.74, 6) is 1.61. The summed E-state index contributed by atoms with van der Waals surface area (Å²) >= 11 is 0. The predicted octanol–water partition coefficient (Wildman–Crippen LogP) is 3.85. The third kappa shape index (κ3) is 4.20. The molecule has 2 aromatic carbocycles. The van der Waals surface area contributed by atoms with Crippen LogP contribution in [0.15, 0.2) is 54.6 Å². The van der Waals surface area contributed by atoms with Crippen LogP contribution in [0.5, 0.6) is 5.75 Å². The Balaban J connectivity index is 1.55. The molecule has 0 aromatic heterocycles. The topological polar surface area (TPSA) is 21.3 Å². The zero-order chi connectivity index (χ0) is 14.3. The molecule has 0 spiro atoms. The summed E-state index contributed by atoms with van der Waals surface area (Å²) < 4.78 is 5.84. The standard InChI is InChI=1S/C19H21NO/c1-2-4-16(5-3-1)6-7-17-8-10-19(11-9-17)21-15-18-12-13-20-14-18/h1-11,18,20H,12-15H2/t18-/m1/s1. The first-order valence-corrected chi connectivity index (χ1v) is 7.57. The van der Waals surface area contributed by atoms with Crippen LogP contribution in [-0.2, 0) is 0 Å². The van der Waals surface area contributed by atoms with Crippen LogP contribution in [0.2, 0.25) is 0 Å². The van der Waals surface area contributed by atoms with Crippen molar-refractivity contribution in [1.82, 2.24) is 5.32 Å². The molecular formula is C19H21NO. The summed E-state index contributed by atoms with van der Waals surface area (Å²) in [5.41, 5.74) is 2.40. The first kappa shape index (κ1) is 13.9. The molecule has 0 unspecified atom stereocenters. The summed E-state index contributed by atoms with van der Waals surface area (Å²) in [6, 6.07) is 18.6. The highest BCUT2D eigenvalue weighted by Gasteiger charge is 2.14. The molecule has 3 rings (SSSR count). The number of nitrogens with one attached hydrogen (secondary N) is 1. The van der Waals surface area contributed by atoms with E-state index >= 15 is 0 Å². The van der Waals surface area contributed by atoms with E-state index < -0.39 is 0 Å². The van der Waals surface area contributed by atoms with E-state index in [0.717, 1.165) is 25.4 Å². The Labute approximate surface area is 126 Å². The minimum atomic E-state index is 0.655. The second-order valence-corrected chi connectivity index (χ2v) is 5.48. The van der Waals surface area contributed by atoms with Crippen molar-refractivity contribution in [3.05, 3.63) is 65.7 Å². The second-order valence-electron chi connectivity index (χ2n) is 5.48. The van der Waals surface area contributed by atoms with Gasteiger partial charge in [-0.05, 0) is 36.2 Å². The molecule has 1 atom stereocenters. The molecule has 1 aliphatic rings. The van der Waals surface area contributed by atoms with Crippen LogP contribution in [0.1, 0.15) is 17.5 Å². The monoisotopic (exact) mass is 279 g/mol. The fraction of sp³-hybridized carbons (Fsp3) is 0.263. The maximum atomic E-state index is 5.84. The largest absolute Gasteiger partial charge is 0.493 e. The summed E-state index contributed by atoms with van der Waals surface area (Å²) in [5, 5.41) is 3.36. The molecule has 0 amide bonds. The molecule has 1 N–H and O–H groups in total. The van der Waals surface area contributed by atoms with Crippen LogP contribution < -0.4 is 10.1 Å². The van der Waals surface area contributed by atoms with Crippen molar-refractivity contribution < 1.29 is 4.74 Å². The molecule has 1 saturated heterocycles. The zero-order valence-electron chi connectivity index (χ0n) is 12.2. The Kier molecular flexibility index (Phi) is 4.70. The van der Waals surface area contributed by atoms with E-state index in [4.69, 9.17) is 4.74 Å². The molecule has 0 bridgehead atoms. The van der Waals surface area contributed by atoms with Gasteiger partial charge in [-0.1, -0.05) is 54.6 Å². The van der Waals surface area contributed by atoms with Gasteiger partial charge in [0.05, 0.1) is 6.61 Å². The molecule has 0 radical (unpaired) electrons. The number of benzene rings is 2. The fourth-order valence-electron chi connectivity index (χ4n) is 2.50. The van der Waals surface area contributed by atoms with Crippen molar-refractivity contribution in [2.45, 2.75) is 6.42 Å². The van der Waals surface area contributed by atoms with Gasteiger partial charge in [0.2, 0.25) is 0 Å². The van der Waals surface area contributed by atoms with Gasteiger partial charge in [-0.3, -0.25) is 0 Å². The molecule has 108 valence electrons. The van der Waals surface area contributed by atoms with Crippen molar-refractivity contribution in [3.8, 4) is 5.75 Å². The number of hydrogen-bond acceptors (Lipinski definition) is 2. The SMILES string of the molecule is C(=Cc1ccc(OC[C@@H]2CCNC2)cc1)c1ccccc1. The van der Waals surface area contributed by atoms with Crippen molar-refractivity contribution >= 4 is 12.2 Å². The van der Waals surface area contributed by atoms with Crippen LogP contribution in [0.3, 0.4) is 0 Å². The van der Waals surface area contributed by atoms with E-state index in [2.05, 4.69) is 53.9 Å². The van der Waals surface area contributed by atoms with Crippen molar-refractivity contribution in [3.63, 3.8) is 0 Å². The maximum Gasteiger partial charge on any atom is 0.119 e. The lowest BCUT2D eigenvalue weighted by Gasteiger charge is -2.10. The number of hydrogen-bond donors (Lipinski definition) is 1. The predicted molar refractivity (Wildman–Crippen MR) is 88.3 cm³/mol. The third-order valence-corrected chi connectivity index (χ3v) is 3.80. The molecule has 2 nitrogen and oxygen atoms in total. The first-order chi connectivity index (χ1) is 10.4. The average Bonchev–Trinajstić information content (AvgIpc) is 3.06. The molecule has 0 aliphatic carbocycles. The zero-order valence-corrected chi connectivity index (χ0v) is 12.2. The van der Waals surface area contributed by atoms with Gasteiger partial charge in [-0.15, -0.1) is 0 Å². The van der Waals surface area contributed by atoms with Gasteiger partial charge in [0, 0.05) is 12.5 Å². The summed E-state index contributed by atoms with van der Waals surface area (Å²) in [6.45, 7) is 3.02. The normalized spacial score (nSPS) is 18.2. The Morgan fingerprint density at radius 3 is 2.33 bits per heavy atom. The molecular weight excluding hydrogens is 258 g/mol. The second kappa shape index (κ2) is 7.09. The minimum Gasteiger partial charge on any atom is -0.493 e. The highest BCUT2D eigenvalue weighted by Crippen LogP contribution is 2.16. The molecule has 2 aromatic rings. The quantitative estimate of drug-likeness (QED) is 0.840. The average molecular weight is 279 g/mol. The molecule has 21 heavy (non-hydrogen) atoms. The Hall–Kier alpha value is -2.06. The smallest absolute Gasteiger partial charge is 0.119 e. The van der Waals surface area contributed by atoms with Crippen molar-refractivity contribution in [2.75, 3.05) is 19.7 Å². The molecule has 1 aliphatic heterocycles. The maximum absolute atomic E-state index is 5.84. The lowest BCUT2D eigenvalue weighted by atomic mass is 10.1. The van der Waals surface area contributed by atoms with Gasteiger partial charge < -0.3 is 10.1 Å². The lowest BCUT2D eigenvalue weighted by molar-refractivity contribution is 0.260. The summed E-state index contributed by atoms with van der Waals surface area (Å²) in [6.07, 6.45) is 5.47.